The van der Waals surface area contributed by atoms with E-state index in [-0.39, 0.29) is 12.3 Å². The molecule has 0 saturated carbocycles. The number of rotatable bonds is 7. The number of hydrogen-bond donors (Lipinski definition) is 2. The number of nitrogens with one attached hydrogen (secondary N) is 1. The Balaban J connectivity index is 3.56. The average Bonchev–Trinajstić information content (AvgIpc) is 2.13. The normalized spacial score (nSPS) is 9.86. The van der Waals surface area contributed by atoms with E-state index in [0.29, 0.717) is 19.4 Å². The lowest BCUT2D eigenvalue weighted by molar-refractivity contribution is -0.137. The molecule has 5 nitrogen and oxygen atoms in total. The summed E-state index contributed by atoms with van der Waals surface area (Å²) in [5.74, 6) is -0.850. The second-order valence-corrected chi connectivity index (χ2v) is 3.17. The maximum absolute atomic E-state index is 11.3. The van der Waals surface area contributed by atoms with E-state index in [9.17, 15) is 9.59 Å². The highest BCUT2D eigenvalue weighted by Gasteiger charge is 2.08. The van der Waals surface area contributed by atoms with Gasteiger partial charge in [0.05, 0.1) is 0 Å². The van der Waals surface area contributed by atoms with E-state index in [0.717, 1.165) is 6.54 Å². The Bertz CT molecular complexity index is 194. The quantitative estimate of drug-likeness (QED) is 0.606. The third-order valence-electron chi connectivity index (χ3n) is 1.90. The predicted molar refractivity (Wildman–Crippen MR) is 53.1 cm³/mol. The highest BCUT2D eigenvalue weighted by Crippen LogP contribution is 1.98. The predicted octanol–water partition coefficient (Wildman–Crippen LogP) is -0.0809. The van der Waals surface area contributed by atoms with Crippen molar-refractivity contribution < 1.29 is 14.7 Å². The van der Waals surface area contributed by atoms with Gasteiger partial charge in [0.2, 0.25) is 5.91 Å². The van der Waals surface area contributed by atoms with Gasteiger partial charge in [0.1, 0.15) is 0 Å². The molecule has 0 unspecified atom stereocenters. The van der Waals surface area contributed by atoms with Gasteiger partial charge in [-0.1, -0.05) is 0 Å². The molecule has 0 spiro atoms. The molecule has 14 heavy (non-hydrogen) atoms. The van der Waals surface area contributed by atoms with Crippen molar-refractivity contribution in [3.05, 3.63) is 0 Å². The van der Waals surface area contributed by atoms with Crippen molar-refractivity contribution in [2.45, 2.75) is 19.3 Å². The molecular formula is C9H18N2O3. The summed E-state index contributed by atoms with van der Waals surface area (Å²) in [7, 11) is 3.54. The van der Waals surface area contributed by atoms with Gasteiger partial charge in [0, 0.05) is 33.0 Å². The average molecular weight is 202 g/mol. The SMILES string of the molecule is CNCCN(C)C(=O)CCCC(=O)O. The molecule has 0 bridgehead atoms. The van der Waals surface area contributed by atoms with Crippen LogP contribution < -0.4 is 5.32 Å². The number of likely N-dealkylation sites (N-methyl/N-ethyl adjacent to an activating group) is 2. The summed E-state index contributed by atoms with van der Waals surface area (Å²) in [5.41, 5.74) is 0. The van der Waals surface area contributed by atoms with Crippen molar-refractivity contribution in [1.82, 2.24) is 10.2 Å². The summed E-state index contributed by atoms with van der Waals surface area (Å²) in [5, 5.41) is 11.3. The summed E-state index contributed by atoms with van der Waals surface area (Å²) in [6, 6.07) is 0. The third kappa shape index (κ3) is 6.42. The third-order valence-corrected chi connectivity index (χ3v) is 1.90. The summed E-state index contributed by atoms with van der Waals surface area (Å²) >= 11 is 0. The fourth-order valence-electron chi connectivity index (χ4n) is 0.986. The van der Waals surface area contributed by atoms with Crippen molar-refractivity contribution >= 4 is 11.9 Å². The lowest BCUT2D eigenvalue weighted by Gasteiger charge is -2.16. The molecule has 5 heteroatoms. The van der Waals surface area contributed by atoms with Gasteiger partial charge in [-0.15, -0.1) is 0 Å². The fourth-order valence-corrected chi connectivity index (χ4v) is 0.986. The molecule has 0 rings (SSSR count). The Labute approximate surface area is 84.1 Å². The first kappa shape index (κ1) is 12.9. The van der Waals surface area contributed by atoms with Crippen molar-refractivity contribution in [2.75, 3.05) is 27.2 Å². The van der Waals surface area contributed by atoms with Crippen molar-refractivity contribution in [3.63, 3.8) is 0 Å². The Morgan fingerprint density at radius 3 is 2.50 bits per heavy atom. The molecule has 1 amide bonds. The number of carbonyl (C=O) groups excluding carboxylic acids is 1. The van der Waals surface area contributed by atoms with Gasteiger partial charge in [0.15, 0.2) is 0 Å². The summed E-state index contributed by atoms with van der Waals surface area (Å²) in [4.78, 5) is 23.1. The Morgan fingerprint density at radius 1 is 1.36 bits per heavy atom. The van der Waals surface area contributed by atoms with Crippen LogP contribution in [0.25, 0.3) is 0 Å². The Hall–Kier alpha value is -1.10. The highest BCUT2D eigenvalue weighted by molar-refractivity contribution is 5.76. The molecule has 82 valence electrons. The number of hydrogen-bond acceptors (Lipinski definition) is 3. The minimum Gasteiger partial charge on any atom is -0.481 e. The van der Waals surface area contributed by atoms with Crippen LogP contribution in [0.5, 0.6) is 0 Å². The molecule has 0 fully saturated rings. The van der Waals surface area contributed by atoms with Crippen LogP contribution in [-0.2, 0) is 9.59 Å². The first-order valence-electron chi connectivity index (χ1n) is 4.68. The molecule has 0 saturated heterocycles. The second kappa shape index (κ2) is 7.32. The molecule has 0 aliphatic carbocycles. The van der Waals surface area contributed by atoms with E-state index in [1.54, 1.807) is 11.9 Å². The molecule has 0 aliphatic heterocycles. The van der Waals surface area contributed by atoms with E-state index in [2.05, 4.69) is 5.32 Å². The van der Waals surface area contributed by atoms with Crippen LogP contribution in [0.4, 0.5) is 0 Å². The largest absolute Gasteiger partial charge is 0.481 e. The minimum atomic E-state index is -0.851. The van der Waals surface area contributed by atoms with E-state index >= 15 is 0 Å². The number of carboxylic acids is 1. The smallest absolute Gasteiger partial charge is 0.303 e. The molecular weight excluding hydrogens is 184 g/mol. The zero-order chi connectivity index (χ0) is 11.0. The molecule has 2 N–H and O–H groups in total. The molecule has 0 aromatic rings. The van der Waals surface area contributed by atoms with Gasteiger partial charge in [-0.25, -0.2) is 0 Å². The number of carbonyl (C=O) groups is 2. The molecule has 0 aromatic heterocycles. The van der Waals surface area contributed by atoms with E-state index in [1.807, 2.05) is 7.05 Å². The first-order valence-corrected chi connectivity index (χ1v) is 4.68. The molecule has 0 heterocycles. The van der Waals surface area contributed by atoms with Crippen LogP contribution in [0.15, 0.2) is 0 Å². The van der Waals surface area contributed by atoms with Crippen molar-refractivity contribution in [1.29, 1.82) is 0 Å². The fraction of sp³-hybridized carbons (Fsp3) is 0.778. The molecule has 0 atom stereocenters. The maximum Gasteiger partial charge on any atom is 0.303 e. The zero-order valence-electron chi connectivity index (χ0n) is 8.75. The Kier molecular flexibility index (Phi) is 6.74. The summed E-state index contributed by atoms with van der Waals surface area (Å²) in [6.45, 7) is 1.41. The summed E-state index contributed by atoms with van der Waals surface area (Å²) < 4.78 is 0. The first-order chi connectivity index (χ1) is 6.57. The van der Waals surface area contributed by atoms with Crippen LogP contribution >= 0.6 is 0 Å². The molecule has 0 radical (unpaired) electrons. The van der Waals surface area contributed by atoms with Gasteiger partial charge >= 0.3 is 5.97 Å². The number of aliphatic carboxylic acids is 1. The number of amides is 1. The van der Waals surface area contributed by atoms with Crippen LogP contribution in [0, 0.1) is 0 Å². The molecule has 0 aromatic carbocycles. The maximum atomic E-state index is 11.3. The lowest BCUT2D eigenvalue weighted by Crippen LogP contribution is -2.32. The van der Waals surface area contributed by atoms with Gasteiger partial charge in [-0.05, 0) is 13.5 Å². The van der Waals surface area contributed by atoms with E-state index < -0.39 is 5.97 Å². The summed E-state index contributed by atoms with van der Waals surface area (Å²) in [6.07, 6.45) is 0.788. The van der Waals surface area contributed by atoms with Crippen molar-refractivity contribution in [2.24, 2.45) is 0 Å². The topological polar surface area (TPSA) is 69.6 Å². The van der Waals surface area contributed by atoms with Gasteiger partial charge in [0.25, 0.3) is 0 Å². The second-order valence-electron chi connectivity index (χ2n) is 3.17. The van der Waals surface area contributed by atoms with E-state index in [4.69, 9.17) is 5.11 Å². The number of carboxylic acid groups (broad SMARTS) is 1. The molecule has 0 aliphatic rings. The van der Waals surface area contributed by atoms with Gasteiger partial charge < -0.3 is 15.3 Å². The highest BCUT2D eigenvalue weighted by atomic mass is 16.4. The van der Waals surface area contributed by atoms with E-state index in [1.165, 1.54) is 0 Å². The standard InChI is InChI=1S/C9H18N2O3/c1-10-6-7-11(2)8(12)4-3-5-9(13)14/h10H,3-7H2,1-2H3,(H,13,14). The lowest BCUT2D eigenvalue weighted by atomic mass is 10.2. The van der Waals surface area contributed by atoms with Crippen molar-refractivity contribution in [3.8, 4) is 0 Å². The monoisotopic (exact) mass is 202 g/mol. The van der Waals surface area contributed by atoms with Crippen LogP contribution in [0.2, 0.25) is 0 Å². The minimum absolute atomic E-state index is 0.00139. The zero-order valence-corrected chi connectivity index (χ0v) is 8.75. The van der Waals surface area contributed by atoms with Gasteiger partial charge in [-0.2, -0.15) is 0 Å². The number of nitrogens with zero attached hydrogens (tertiary/aromatic N) is 1. The van der Waals surface area contributed by atoms with Crippen LogP contribution in [0.1, 0.15) is 19.3 Å². The van der Waals surface area contributed by atoms with Crippen LogP contribution in [0.3, 0.4) is 0 Å². The Morgan fingerprint density at radius 2 is 2.00 bits per heavy atom. The van der Waals surface area contributed by atoms with Crippen LogP contribution in [-0.4, -0.2) is 49.1 Å². The van der Waals surface area contributed by atoms with Gasteiger partial charge in [-0.3, -0.25) is 9.59 Å².